The molecule has 2 aromatic heterocycles. The van der Waals surface area contributed by atoms with E-state index in [4.69, 9.17) is 5.73 Å². The summed E-state index contributed by atoms with van der Waals surface area (Å²) in [7, 11) is 0. The number of rotatable bonds is 5. The molecule has 0 amide bonds. The summed E-state index contributed by atoms with van der Waals surface area (Å²) in [5, 5.41) is 4.11. The van der Waals surface area contributed by atoms with Crippen molar-refractivity contribution in [3.05, 3.63) is 18.2 Å². The first-order chi connectivity index (χ1) is 7.78. The van der Waals surface area contributed by atoms with Gasteiger partial charge in [-0.05, 0) is 11.5 Å². The van der Waals surface area contributed by atoms with Crippen LogP contribution in [0.5, 0.6) is 0 Å². The highest BCUT2D eigenvalue weighted by molar-refractivity contribution is 8.00. The molecule has 0 saturated heterocycles. The molecule has 16 heavy (non-hydrogen) atoms. The van der Waals surface area contributed by atoms with Crippen LogP contribution in [0.15, 0.2) is 16.7 Å². The van der Waals surface area contributed by atoms with E-state index in [1.54, 1.807) is 18.0 Å². The van der Waals surface area contributed by atoms with Crippen molar-refractivity contribution in [2.75, 3.05) is 11.5 Å². The summed E-state index contributed by atoms with van der Waals surface area (Å²) < 4.78 is 7.09. The van der Waals surface area contributed by atoms with Gasteiger partial charge in [0.05, 0.1) is 18.4 Å². The van der Waals surface area contributed by atoms with E-state index in [0.717, 1.165) is 28.9 Å². The Morgan fingerprint density at radius 1 is 1.56 bits per heavy atom. The van der Waals surface area contributed by atoms with Crippen LogP contribution < -0.4 is 5.73 Å². The lowest BCUT2D eigenvalue weighted by molar-refractivity contribution is 0.666. The van der Waals surface area contributed by atoms with E-state index in [2.05, 4.69) is 21.4 Å². The molecule has 2 rings (SSSR count). The van der Waals surface area contributed by atoms with Crippen LogP contribution in [0.1, 0.15) is 12.7 Å². The van der Waals surface area contributed by atoms with Crippen molar-refractivity contribution >= 4 is 29.0 Å². The number of anilines is 1. The third-order valence-electron chi connectivity index (χ3n) is 1.96. The van der Waals surface area contributed by atoms with Crippen molar-refractivity contribution in [2.24, 2.45) is 0 Å². The molecule has 0 atom stereocenters. The fraction of sp³-hybridized carbons (Fsp3) is 0.444. The number of nitrogen functional groups attached to an aromatic ring is 1. The van der Waals surface area contributed by atoms with E-state index < -0.39 is 0 Å². The van der Waals surface area contributed by atoms with Crippen molar-refractivity contribution in [3.8, 4) is 0 Å². The molecule has 2 heterocycles. The molecule has 0 aliphatic rings. The Hall–Kier alpha value is -1.08. The molecular formula is C9H13N5S2. The number of hydrogen-bond donors (Lipinski definition) is 1. The summed E-state index contributed by atoms with van der Waals surface area (Å²) in [6.45, 7) is 2.89. The highest BCUT2D eigenvalue weighted by atomic mass is 32.2. The van der Waals surface area contributed by atoms with E-state index in [-0.39, 0.29) is 0 Å². The molecule has 2 N–H and O–H groups in total. The molecule has 0 fully saturated rings. The normalized spacial score (nSPS) is 10.8. The average molecular weight is 255 g/mol. The first-order valence-electron chi connectivity index (χ1n) is 5.01. The van der Waals surface area contributed by atoms with E-state index in [0.29, 0.717) is 5.69 Å². The third kappa shape index (κ3) is 2.96. The molecule has 86 valence electrons. The van der Waals surface area contributed by atoms with Crippen molar-refractivity contribution in [1.82, 2.24) is 19.1 Å². The van der Waals surface area contributed by atoms with Crippen LogP contribution in [-0.4, -0.2) is 24.9 Å². The van der Waals surface area contributed by atoms with Gasteiger partial charge in [-0.25, -0.2) is 4.98 Å². The minimum Gasteiger partial charge on any atom is -0.396 e. The number of hydrogen-bond acceptors (Lipinski definition) is 6. The molecule has 5 nitrogen and oxygen atoms in total. The molecule has 0 radical (unpaired) electrons. The van der Waals surface area contributed by atoms with Crippen LogP contribution in [-0.2, 0) is 13.0 Å². The lowest BCUT2D eigenvalue weighted by Gasteiger charge is -1.98. The van der Waals surface area contributed by atoms with Crippen LogP contribution in [0, 0.1) is 0 Å². The van der Waals surface area contributed by atoms with Gasteiger partial charge in [-0.15, -0.1) is 0 Å². The first-order valence-corrected chi connectivity index (χ1v) is 6.77. The molecule has 0 bridgehead atoms. The average Bonchev–Trinajstić information content (AvgIpc) is 2.88. The van der Waals surface area contributed by atoms with Gasteiger partial charge < -0.3 is 5.73 Å². The minimum absolute atomic E-state index is 0.703. The van der Waals surface area contributed by atoms with E-state index in [1.807, 2.05) is 10.9 Å². The molecule has 0 saturated carbocycles. The first kappa shape index (κ1) is 11.4. The van der Waals surface area contributed by atoms with Crippen molar-refractivity contribution in [2.45, 2.75) is 24.2 Å². The van der Waals surface area contributed by atoms with Crippen LogP contribution >= 0.6 is 23.3 Å². The van der Waals surface area contributed by atoms with Crippen LogP contribution in [0.3, 0.4) is 0 Å². The molecule has 7 heteroatoms. The van der Waals surface area contributed by atoms with Crippen LogP contribution in [0.25, 0.3) is 0 Å². The molecule has 0 spiro atoms. The standard InChI is InChI=1S/C9H13N5S2/c1-2-8-12-9(16-13-8)15-4-3-14-6-7(10)5-11-14/h5-6H,2-4,10H2,1H3. The summed E-state index contributed by atoms with van der Waals surface area (Å²) in [6.07, 6.45) is 4.38. The Kier molecular flexibility index (Phi) is 3.79. The summed E-state index contributed by atoms with van der Waals surface area (Å²) in [5.74, 6) is 1.86. The molecule has 0 aliphatic heterocycles. The molecule has 0 aliphatic carbocycles. The van der Waals surface area contributed by atoms with Crippen LogP contribution in [0.2, 0.25) is 0 Å². The highest BCUT2D eigenvalue weighted by Crippen LogP contribution is 2.20. The Labute approximate surface area is 102 Å². The van der Waals surface area contributed by atoms with Crippen molar-refractivity contribution < 1.29 is 0 Å². The van der Waals surface area contributed by atoms with E-state index in [1.165, 1.54) is 11.5 Å². The zero-order valence-electron chi connectivity index (χ0n) is 8.96. The summed E-state index contributed by atoms with van der Waals surface area (Å²) in [5.41, 5.74) is 6.28. The number of aromatic nitrogens is 4. The molecular weight excluding hydrogens is 242 g/mol. The third-order valence-corrected chi connectivity index (χ3v) is 3.82. The molecule has 2 aromatic rings. The maximum absolute atomic E-state index is 5.57. The summed E-state index contributed by atoms with van der Waals surface area (Å²) in [6, 6.07) is 0. The Morgan fingerprint density at radius 2 is 2.44 bits per heavy atom. The molecule has 0 aromatic carbocycles. The van der Waals surface area contributed by atoms with Gasteiger partial charge in [-0.3, -0.25) is 4.68 Å². The number of thioether (sulfide) groups is 1. The van der Waals surface area contributed by atoms with Gasteiger partial charge in [0, 0.05) is 18.4 Å². The smallest absolute Gasteiger partial charge is 0.170 e. The van der Waals surface area contributed by atoms with Gasteiger partial charge in [-0.1, -0.05) is 18.7 Å². The second-order valence-electron chi connectivity index (χ2n) is 3.22. The fourth-order valence-corrected chi connectivity index (χ4v) is 2.86. The van der Waals surface area contributed by atoms with Gasteiger partial charge in [0.2, 0.25) is 0 Å². The number of nitrogens with two attached hydrogens (primary N) is 1. The second kappa shape index (κ2) is 5.31. The second-order valence-corrected chi connectivity index (χ2v) is 5.31. The highest BCUT2D eigenvalue weighted by Gasteiger charge is 2.03. The Morgan fingerprint density at radius 3 is 3.06 bits per heavy atom. The SMILES string of the molecule is CCc1nsc(SCCn2cc(N)cn2)n1. The van der Waals surface area contributed by atoms with Gasteiger partial charge in [0.15, 0.2) is 4.34 Å². The minimum atomic E-state index is 0.703. The van der Waals surface area contributed by atoms with Crippen molar-refractivity contribution in [3.63, 3.8) is 0 Å². The van der Waals surface area contributed by atoms with E-state index >= 15 is 0 Å². The maximum atomic E-state index is 5.57. The van der Waals surface area contributed by atoms with Gasteiger partial charge in [0.25, 0.3) is 0 Å². The largest absolute Gasteiger partial charge is 0.396 e. The summed E-state index contributed by atoms with van der Waals surface area (Å²) >= 11 is 3.17. The van der Waals surface area contributed by atoms with Crippen molar-refractivity contribution in [1.29, 1.82) is 0 Å². The molecule has 0 unspecified atom stereocenters. The zero-order valence-corrected chi connectivity index (χ0v) is 10.6. The van der Waals surface area contributed by atoms with Gasteiger partial charge in [-0.2, -0.15) is 9.47 Å². The van der Waals surface area contributed by atoms with Gasteiger partial charge in [0.1, 0.15) is 5.82 Å². The summed E-state index contributed by atoms with van der Waals surface area (Å²) in [4.78, 5) is 4.38. The Bertz CT molecular complexity index is 450. The maximum Gasteiger partial charge on any atom is 0.170 e. The number of aryl methyl sites for hydroxylation is 2. The van der Waals surface area contributed by atoms with E-state index in [9.17, 15) is 0 Å². The zero-order chi connectivity index (χ0) is 11.4. The fourth-order valence-electron chi connectivity index (χ4n) is 1.17. The predicted octanol–water partition coefficient (Wildman–Crippen LogP) is 1.67. The van der Waals surface area contributed by atoms with Crippen LogP contribution in [0.4, 0.5) is 5.69 Å². The van der Waals surface area contributed by atoms with Gasteiger partial charge >= 0.3 is 0 Å². The Balaban J connectivity index is 1.79. The number of nitrogens with zero attached hydrogens (tertiary/aromatic N) is 4. The predicted molar refractivity (Wildman–Crippen MR) is 66.7 cm³/mol. The quantitative estimate of drug-likeness (QED) is 0.823. The lowest BCUT2D eigenvalue weighted by atomic mass is 10.5. The lowest BCUT2D eigenvalue weighted by Crippen LogP contribution is -2.00. The monoisotopic (exact) mass is 255 g/mol. The topological polar surface area (TPSA) is 69.6 Å².